The van der Waals surface area contributed by atoms with E-state index in [0.29, 0.717) is 22.5 Å². The molecule has 3 aromatic rings. The van der Waals surface area contributed by atoms with Crippen LogP contribution in [0.5, 0.6) is 0 Å². The predicted molar refractivity (Wildman–Crippen MR) is 132 cm³/mol. The molecule has 8 heteroatoms. The molecule has 0 spiro atoms. The number of thioether (sulfide) groups is 1. The van der Waals surface area contributed by atoms with Crippen LogP contribution in [0.4, 0.5) is 5.95 Å². The van der Waals surface area contributed by atoms with Gasteiger partial charge in [0.05, 0.1) is 23.3 Å². The van der Waals surface area contributed by atoms with Gasteiger partial charge in [-0.2, -0.15) is 0 Å². The molecule has 34 heavy (non-hydrogen) atoms. The number of carbonyl (C=O) groups is 2. The molecule has 0 amide bonds. The number of allylic oxidation sites excluding steroid dienone is 1. The van der Waals surface area contributed by atoms with Gasteiger partial charge < -0.3 is 9.32 Å². The Hall–Kier alpha value is -3.26. The largest absolute Gasteiger partial charge is 0.463 e. The molecule has 5 rings (SSSR count). The fraction of sp³-hybridized carbons (Fsp3) is 0.346. The number of rotatable bonds is 7. The van der Waals surface area contributed by atoms with E-state index >= 15 is 0 Å². The first-order valence-electron chi connectivity index (χ1n) is 11.7. The van der Waals surface area contributed by atoms with Gasteiger partial charge in [0.15, 0.2) is 11.5 Å². The Kier molecular flexibility index (Phi) is 6.85. The molecule has 2 aliphatic rings. The first-order chi connectivity index (χ1) is 16.7. The fourth-order valence-corrected chi connectivity index (χ4v) is 5.37. The number of pyridine rings is 1. The van der Waals surface area contributed by atoms with E-state index < -0.39 is 0 Å². The third kappa shape index (κ3) is 5.28. The highest BCUT2D eigenvalue weighted by atomic mass is 32.2. The number of ketones is 1. The number of anilines is 1. The number of hydrogen-bond donors (Lipinski definition) is 0. The second-order valence-corrected chi connectivity index (χ2v) is 9.77. The molecule has 2 saturated heterocycles. The molecule has 0 aliphatic carbocycles. The number of furan rings is 1. The van der Waals surface area contributed by atoms with Crippen molar-refractivity contribution in [1.82, 2.24) is 15.0 Å². The number of nitrogens with zero attached hydrogens (tertiary/aromatic N) is 4. The maximum absolute atomic E-state index is 11.9. The SMILES string of the molecule is O=C1CC(=O)/C(=C/c2ccnc(N3CCC(CCCc4cccnc4-c4ccco4)CC3)n2)S1. The molecule has 3 aromatic heterocycles. The van der Waals surface area contributed by atoms with Gasteiger partial charge in [0.2, 0.25) is 11.1 Å². The summed E-state index contributed by atoms with van der Waals surface area (Å²) >= 11 is 1.01. The maximum Gasteiger partial charge on any atom is 0.225 e. The highest BCUT2D eigenvalue weighted by molar-refractivity contribution is 8.18. The summed E-state index contributed by atoms with van der Waals surface area (Å²) in [4.78, 5) is 39.6. The fourth-order valence-electron chi connectivity index (χ4n) is 4.55. The van der Waals surface area contributed by atoms with Crippen LogP contribution < -0.4 is 4.90 Å². The summed E-state index contributed by atoms with van der Waals surface area (Å²) in [7, 11) is 0. The van der Waals surface area contributed by atoms with E-state index in [9.17, 15) is 9.59 Å². The Morgan fingerprint density at radius 2 is 1.97 bits per heavy atom. The summed E-state index contributed by atoms with van der Waals surface area (Å²) in [6, 6.07) is 9.75. The van der Waals surface area contributed by atoms with Crippen LogP contribution in [0.15, 0.2) is 58.3 Å². The van der Waals surface area contributed by atoms with Gasteiger partial charge in [-0.1, -0.05) is 6.07 Å². The van der Waals surface area contributed by atoms with Gasteiger partial charge in [-0.15, -0.1) is 0 Å². The average Bonchev–Trinajstić information content (AvgIpc) is 3.50. The quantitative estimate of drug-likeness (QED) is 0.351. The number of hydrogen-bond acceptors (Lipinski definition) is 8. The van der Waals surface area contributed by atoms with E-state index in [1.807, 2.05) is 24.4 Å². The second-order valence-electron chi connectivity index (χ2n) is 8.68. The van der Waals surface area contributed by atoms with Gasteiger partial charge in [-0.3, -0.25) is 14.6 Å². The van der Waals surface area contributed by atoms with Crippen LogP contribution in [0, 0.1) is 5.92 Å². The summed E-state index contributed by atoms with van der Waals surface area (Å²) in [6.45, 7) is 1.84. The standard InChI is InChI=1S/C26H26N4O3S/c31-21-17-24(32)34-23(21)16-20-8-12-28-26(29-20)30-13-9-18(10-14-30)4-1-5-19-6-2-11-27-25(19)22-7-3-15-33-22/h2-3,6-8,11-12,15-16,18H,1,4-5,9-10,13-14,17H2/b23-16-. The van der Waals surface area contributed by atoms with Crippen LogP contribution in [0.25, 0.3) is 17.5 Å². The lowest BCUT2D eigenvalue weighted by atomic mass is 9.90. The minimum absolute atomic E-state index is 0.0209. The molecule has 0 bridgehead atoms. The summed E-state index contributed by atoms with van der Waals surface area (Å²) in [6.07, 6.45) is 12.4. The lowest BCUT2D eigenvalue weighted by molar-refractivity contribution is -0.119. The second kappa shape index (κ2) is 10.3. The van der Waals surface area contributed by atoms with E-state index in [4.69, 9.17) is 4.42 Å². The Morgan fingerprint density at radius 1 is 1.09 bits per heavy atom. The molecule has 2 aliphatic heterocycles. The van der Waals surface area contributed by atoms with Gasteiger partial charge in [-0.25, -0.2) is 9.97 Å². The molecular weight excluding hydrogens is 448 g/mol. The summed E-state index contributed by atoms with van der Waals surface area (Å²) in [5, 5.41) is -0.103. The van der Waals surface area contributed by atoms with Crippen LogP contribution in [-0.2, 0) is 16.0 Å². The van der Waals surface area contributed by atoms with Crippen molar-refractivity contribution >= 4 is 34.7 Å². The average molecular weight is 475 g/mol. The monoisotopic (exact) mass is 474 g/mol. The van der Waals surface area contributed by atoms with Crippen molar-refractivity contribution in [2.45, 2.75) is 38.5 Å². The lowest BCUT2D eigenvalue weighted by Crippen LogP contribution is -2.35. The Bertz CT molecular complexity index is 1200. The van der Waals surface area contributed by atoms with Crippen LogP contribution >= 0.6 is 11.8 Å². The summed E-state index contributed by atoms with van der Waals surface area (Å²) in [5.41, 5.74) is 2.84. The van der Waals surface area contributed by atoms with Crippen molar-refractivity contribution in [3.8, 4) is 11.5 Å². The van der Waals surface area contributed by atoms with Crippen molar-refractivity contribution in [3.63, 3.8) is 0 Å². The molecule has 174 valence electrons. The van der Waals surface area contributed by atoms with Crippen LogP contribution in [0.1, 0.15) is 43.4 Å². The third-order valence-corrected chi connectivity index (χ3v) is 7.29. The molecule has 0 atom stereocenters. The van der Waals surface area contributed by atoms with E-state index in [-0.39, 0.29) is 17.3 Å². The Labute approximate surface area is 202 Å². The molecule has 0 aromatic carbocycles. The molecule has 5 heterocycles. The van der Waals surface area contributed by atoms with Crippen molar-refractivity contribution in [3.05, 3.63) is 65.2 Å². The van der Waals surface area contributed by atoms with E-state index in [1.54, 1.807) is 24.6 Å². The van der Waals surface area contributed by atoms with E-state index in [1.165, 1.54) is 12.0 Å². The minimum atomic E-state index is -0.126. The number of Topliss-reactive ketones (excluding diaryl/α,β-unsaturated/α-hetero) is 1. The highest BCUT2D eigenvalue weighted by Crippen LogP contribution is 2.31. The van der Waals surface area contributed by atoms with Crippen molar-refractivity contribution in [2.24, 2.45) is 5.92 Å². The van der Waals surface area contributed by atoms with Crippen molar-refractivity contribution < 1.29 is 14.0 Å². The van der Waals surface area contributed by atoms with Gasteiger partial charge >= 0.3 is 0 Å². The number of piperidine rings is 1. The van der Waals surface area contributed by atoms with Crippen molar-refractivity contribution in [2.75, 3.05) is 18.0 Å². The van der Waals surface area contributed by atoms with Crippen LogP contribution in [0.2, 0.25) is 0 Å². The molecule has 2 fully saturated rings. The summed E-state index contributed by atoms with van der Waals surface area (Å²) in [5.74, 6) is 2.07. The molecule has 0 unspecified atom stereocenters. The van der Waals surface area contributed by atoms with Gasteiger partial charge in [0.1, 0.15) is 5.69 Å². The predicted octanol–water partition coefficient (Wildman–Crippen LogP) is 4.94. The summed E-state index contributed by atoms with van der Waals surface area (Å²) < 4.78 is 5.55. The van der Waals surface area contributed by atoms with Gasteiger partial charge in [-0.05, 0) is 85.7 Å². The zero-order chi connectivity index (χ0) is 23.3. The molecule has 7 nitrogen and oxygen atoms in total. The minimum Gasteiger partial charge on any atom is -0.463 e. The zero-order valence-electron chi connectivity index (χ0n) is 18.9. The first kappa shape index (κ1) is 22.5. The van der Waals surface area contributed by atoms with Crippen molar-refractivity contribution in [1.29, 1.82) is 0 Å². The molecule has 0 radical (unpaired) electrons. The van der Waals surface area contributed by atoms with Crippen LogP contribution in [-0.4, -0.2) is 38.9 Å². The number of carbonyl (C=O) groups excluding carboxylic acids is 2. The third-order valence-electron chi connectivity index (χ3n) is 6.35. The van der Waals surface area contributed by atoms with E-state index in [0.717, 1.165) is 62.0 Å². The first-order valence-corrected chi connectivity index (χ1v) is 12.5. The van der Waals surface area contributed by atoms with E-state index in [2.05, 4.69) is 25.9 Å². The number of aromatic nitrogens is 3. The normalized spacial score (nSPS) is 18.2. The van der Waals surface area contributed by atoms with Gasteiger partial charge in [0, 0.05) is 25.5 Å². The molecule has 0 saturated carbocycles. The van der Waals surface area contributed by atoms with Gasteiger partial charge in [0.25, 0.3) is 0 Å². The Morgan fingerprint density at radius 3 is 2.74 bits per heavy atom. The maximum atomic E-state index is 11.9. The zero-order valence-corrected chi connectivity index (χ0v) is 19.7. The topological polar surface area (TPSA) is 89.2 Å². The molecule has 0 N–H and O–H groups in total. The Balaban J connectivity index is 1.13. The smallest absolute Gasteiger partial charge is 0.225 e. The highest BCUT2D eigenvalue weighted by Gasteiger charge is 2.26. The molecular formula is C26H26N4O3S. The lowest BCUT2D eigenvalue weighted by Gasteiger charge is -2.32. The van der Waals surface area contributed by atoms with Crippen LogP contribution in [0.3, 0.4) is 0 Å². The number of aryl methyl sites for hydroxylation is 1.